The van der Waals surface area contributed by atoms with Gasteiger partial charge >= 0.3 is 5.97 Å². The number of methoxy groups -OCH3 is 1. The molecular weight excluding hydrogens is 382 g/mol. The van der Waals surface area contributed by atoms with Gasteiger partial charge in [0.2, 0.25) is 11.6 Å². The van der Waals surface area contributed by atoms with E-state index in [0.29, 0.717) is 5.75 Å². The van der Waals surface area contributed by atoms with Crippen LogP contribution >= 0.6 is 22.9 Å². The summed E-state index contributed by atoms with van der Waals surface area (Å²) in [5, 5.41) is 8.01. The molecule has 0 fully saturated rings. The summed E-state index contributed by atoms with van der Waals surface area (Å²) in [6.45, 7) is 0.0472. The highest BCUT2D eigenvalue weighted by molar-refractivity contribution is 7.14. The van der Waals surface area contributed by atoms with Gasteiger partial charge in [-0.2, -0.15) is 0 Å². The number of nitrogens with one attached hydrogen (secondary N) is 1. The standard InChI is InChI=1S/C16H16ClN3O5S/c1-23-11-5-3-10(4-6-11)8-25-15(22)14(20-24-2)12-9-26-16(18-12)19-13(21)7-17/h3-6,9H,7-8H2,1-2H3,(H,18,19,21)/b20-14-. The Hall–Kier alpha value is -2.65. The van der Waals surface area contributed by atoms with E-state index in [9.17, 15) is 9.59 Å². The molecule has 2 rings (SSSR count). The van der Waals surface area contributed by atoms with Crippen LogP contribution in [-0.2, 0) is 25.8 Å². The average Bonchev–Trinajstić information content (AvgIpc) is 3.12. The van der Waals surface area contributed by atoms with E-state index in [0.717, 1.165) is 16.9 Å². The van der Waals surface area contributed by atoms with Gasteiger partial charge in [0.15, 0.2) is 5.13 Å². The Bertz CT molecular complexity index is 791. The number of anilines is 1. The molecule has 138 valence electrons. The molecule has 0 unspecified atom stereocenters. The summed E-state index contributed by atoms with van der Waals surface area (Å²) in [4.78, 5) is 32.4. The third-order valence-electron chi connectivity index (χ3n) is 3.02. The van der Waals surface area contributed by atoms with Crippen LogP contribution in [0, 0.1) is 0 Å². The maximum atomic E-state index is 12.3. The number of oxime groups is 1. The molecule has 0 aliphatic rings. The van der Waals surface area contributed by atoms with Crippen LogP contribution in [-0.4, -0.2) is 42.7 Å². The van der Waals surface area contributed by atoms with Gasteiger partial charge in [0, 0.05) is 5.38 Å². The topological polar surface area (TPSA) is 99.1 Å². The van der Waals surface area contributed by atoms with E-state index in [-0.39, 0.29) is 29.0 Å². The number of benzene rings is 1. The van der Waals surface area contributed by atoms with Gasteiger partial charge in [0.25, 0.3) is 0 Å². The Kier molecular flexibility index (Phi) is 7.37. The fourth-order valence-corrected chi connectivity index (χ4v) is 2.59. The number of ether oxygens (including phenoxy) is 2. The van der Waals surface area contributed by atoms with Crippen LogP contribution < -0.4 is 10.1 Å². The Morgan fingerprint density at radius 2 is 2.00 bits per heavy atom. The van der Waals surface area contributed by atoms with Crippen molar-refractivity contribution in [1.29, 1.82) is 0 Å². The van der Waals surface area contributed by atoms with E-state index in [4.69, 9.17) is 25.9 Å². The quantitative estimate of drug-likeness (QED) is 0.318. The number of carbonyl (C=O) groups excluding carboxylic acids is 2. The molecule has 8 nitrogen and oxygen atoms in total. The summed E-state index contributed by atoms with van der Waals surface area (Å²) in [5.41, 5.74) is 0.898. The summed E-state index contributed by atoms with van der Waals surface area (Å²) in [6.07, 6.45) is 0. The van der Waals surface area contributed by atoms with Crippen molar-refractivity contribution >= 4 is 45.7 Å². The Morgan fingerprint density at radius 3 is 2.62 bits per heavy atom. The highest BCUT2D eigenvalue weighted by Gasteiger charge is 2.21. The molecule has 1 aromatic carbocycles. The molecular formula is C16H16ClN3O5S. The zero-order valence-corrected chi connectivity index (χ0v) is 15.6. The SMILES string of the molecule is CO/N=C(\C(=O)OCc1ccc(OC)cc1)c1csc(NC(=O)CCl)n1. The molecule has 0 aliphatic carbocycles. The van der Waals surface area contributed by atoms with Gasteiger partial charge in [-0.3, -0.25) is 4.79 Å². The molecule has 1 N–H and O–H groups in total. The van der Waals surface area contributed by atoms with Gasteiger partial charge in [0.05, 0.1) is 7.11 Å². The van der Waals surface area contributed by atoms with Crippen LogP contribution in [0.5, 0.6) is 5.75 Å². The highest BCUT2D eigenvalue weighted by atomic mass is 35.5. The number of nitrogens with zero attached hydrogens (tertiary/aromatic N) is 2. The maximum Gasteiger partial charge on any atom is 0.363 e. The normalized spacial score (nSPS) is 11.0. The molecule has 0 saturated heterocycles. The summed E-state index contributed by atoms with van der Waals surface area (Å²) < 4.78 is 10.3. The van der Waals surface area contributed by atoms with E-state index >= 15 is 0 Å². The number of halogens is 1. The zero-order chi connectivity index (χ0) is 18.9. The average molecular weight is 398 g/mol. The van der Waals surface area contributed by atoms with Crippen molar-refractivity contribution in [2.75, 3.05) is 25.4 Å². The number of rotatable bonds is 8. The van der Waals surface area contributed by atoms with Gasteiger partial charge in [-0.05, 0) is 17.7 Å². The molecule has 0 atom stereocenters. The number of amides is 1. The maximum absolute atomic E-state index is 12.3. The number of hydrogen-bond acceptors (Lipinski definition) is 8. The smallest absolute Gasteiger partial charge is 0.363 e. The van der Waals surface area contributed by atoms with Gasteiger partial charge in [-0.25, -0.2) is 9.78 Å². The van der Waals surface area contributed by atoms with Crippen LogP contribution in [0.4, 0.5) is 5.13 Å². The lowest BCUT2D eigenvalue weighted by atomic mass is 10.2. The van der Waals surface area contributed by atoms with Crippen LogP contribution in [0.2, 0.25) is 0 Å². The second kappa shape index (κ2) is 9.73. The number of carbonyl (C=O) groups is 2. The predicted octanol–water partition coefficient (Wildman–Crippen LogP) is 2.42. The Morgan fingerprint density at radius 1 is 1.27 bits per heavy atom. The van der Waals surface area contributed by atoms with Crippen molar-refractivity contribution in [3.8, 4) is 5.75 Å². The largest absolute Gasteiger partial charge is 0.497 e. The second-order valence-corrected chi connectivity index (χ2v) is 5.89. The fourth-order valence-electron chi connectivity index (χ4n) is 1.81. The van der Waals surface area contributed by atoms with E-state index in [1.54, 1.807) is 36.8 Å². The van der Waals surface area contributed by atoms with E-state index in [1.807, 2.05) is 0 Å². The summed E-state index contributed by atoms with van der Waals surface area (Å²) in [6, 6.07) is 7.09. The molecule has 0 spiro atoms. The minimum absolute atomic E-state index is 0.0472. The third kappa shape index (κ3) is 5.43. The highest BCUT2D eigenvalue weighted by Crippen LogP contribution is 2.17. The molecule has 2 aromatic rings. The number of thiazole rings is 1. The molecule has 10 heteroatoms. The van der Waals surface area contributed by atoms with Crippen LogP contribution in [0.1, 0.15) is 11.3 Å². The van der Waals surface area contributed by atoms with E-state index in [2.05, 4.69) is 15.5 Å². The molecule has 1 aromatic heterocycles. The molecule has 1 heterocycles. The number of aromatic nitrogens is 1. The third-order valence-corrected chi connectivity index (χ3v) is 4.02. The zero-order valence-electron chi connectivity index (χ0n) is 14.0. The molecule has 26 heavy (non-hydrogen) atoms. The van der Waals surface area contributed by atoms with Gasteiger partial charge in [0.1, 0.15) is 31.0 Å². The van der Waals surface area contributed by atoms with Crippen molar-refractivity contribution in [3.63, 3.8) is 0 Å². The summed E-state index contributed by atoms with van der Waals surface area (Å²) in [7, 11) is 2.87. The Labute approximate surface area is 158 Å². The molecule has 1 amide bonds. The van der Waals surface area contributed by atoms with Crippen molar-refractivity contribution < 1.29 is 23.9 Å². The van der Waals surface area contributed by atoms with Crippen molar-refractivity contribution in [3.05, 3.63) is 40.9 Å². The van der Waals surface area contributed by atoms with E-state index < -0.39 is 11.9 Å². The van der Waals surface area contributed by atoms with Gasteiger partial charge in [-0.1, -0.05) is 17.3 Å². The van der Waals surface area contributed by atoms with Crippen LogP contribution in [0.15, 0.2) is 34.8 Å². The molecule has 0 radical (unpaired) electrons. The monoisotopic (exact) mass is 397 g/mol. The van der Waals surface area contributed by atoms with Crippen molar-refractivity contribution in [1.82, 2.24) is 4.98 Å². The minimum atomic E-state index is -0.705. The molecule has 0 bridgehead atoms. The fraction of sp³-hybridized carbons (Fsp3) is 0.250. The lowest BCUT2D eigenvalue weighted by molar-refractivity contribution is -0.136. The number of alkyl halides is 1. The lowest BCUT2D eigenvalue weighted by Gasteiger charge is -2.06. The minimum Gasteiger partial charge on any atom is -0.497 e. The van der Waals surface area contributed by atoms with E-state index in [1.165, 1.54) is 7.11 Å². The first-order valence-electron chi connectivity index (χ1n) is 7.30. The number of esters is 1. The lowest BCUT2D eigenvalue weighted by Crippen LogP contribution is -2.20. The van der Waals surface area contributed by atoms with Crippen LogP contribution in [0.25, 0.3) is 0 Å². The molecule has 0 aliphatic heterocycles. The summed E-state index contributed by atoms with van der Waals surface area (Å²) in [5.74, 6) is -0.601. The first-order valence-corrected chi connectivity index (χ1v) is 8.71. The molecule has 0 saturated carbocycles. The van der Waals surface area contributed by atoms with Crippen molar-refractivity contribution in [2.45, 2.75) is 6.61 Å². The van der Waals surface area contributed by atoms with Crippen molar-refractivity contribution in [2.24, 2.45) is 5.16 Å². The van der Waals surface area contributed by atoms with Crippen LogP contribution in [0.3, 0.4) is 0 Å². The second-order valence-electron chi connectivity index (χ2n) is 4.77. The summed E-state index contributed by atoms with van der Waals surface area (Å²) >= 11 is 6.55. The van der Waals surface area contributed by atoms with Gasteiger partial charge < -0.3 is 19.6 Å². The first-order chi connectivity index (χ1) is 12.6. The van der Waals surface area contributed by atoms with Gasteiger partial charge in [-0.15, -0.1) is 22.9 Å². The predicted molar refractivity (Wildman–Crippen MR) is 97.8 cm³/mol. The number of hydrogen-bond donors (Lipinski definition) is 1. The first kappa shape index (κ1) is 19.7. The Balaban J connectivity index is 2.05.